The highest BCUT2D eigenvalue weighted by Crippen LogP contribution is 2.26. The van der Waals surface area contributed by atoms with Crippen molar-refractivity contribution in [1.29, 1.82) is 0 Å². The molecule has 0 atom stereocenters. The molecule has 0 amide bonds. The molecule has 8 heteroatoms. The Hall–Kier alpha value is -1.67. The van der Waals surface area contributed by atoms with Gasteiger partial charge in [-0.2, -0.15) is 0 Å². The Balaban J connectivity index is 2.33. The van der Waals surface area contributed by atoms with Crippen LogP contribution in [0.3, 0.4) is 0 Å². The summed E-state index contributed by atoms with van der Waals surface area (Å²) in [7, 11) is -3.95. The Morgan fingerprint density at radius 2 is 2.10 bits per heavy atom. The number of thiazole rings is 1. The van der Waals surface area contributed by atoms with E-state index in [9.17, 15) is 12.8 Å². The molecule has 0 spiro atoms. The molecule has 0 fully saturated rings. The molecule has 108 valence electrons. The highest BCUT2D eigenvalue weighted by molar-refractivity contribution is 7.93. The number of nitrogens with zero attached hydrogens (tertiary/aromatic N) is 1. The zero-order chi connectivity index (χ0) is 14.9. The number of nitrogens with two attached hydrogens (primary N) is 1. The summed E-state index contributed by atoms with van der Waals surface area (Å²) >= 11 is 1.17. The van der Waals surface area contributed by atoms with E-state index in [0.29, 0.717) is 0 Å². The summed E-state index contributed by atoms with van der Waals surface area (Å²) in [5, 5.41) is 2.01. The van der Waals surface area contributed by atoms with Crippen LogP contribution in [0, 0.1) is 5.82 Å². The first-order valence-corrected chi connectivity index (χ1v) is 8.20. The van der Waals surface area contributed by atoms with Crippen molar-refractivity contribution < 1.29 is 12.8 Å². The van der Waals surface area contributed by atoms with Crippen LogP contribution in [0.5, 0.6) is 0 Å². The molecule has 3 N–H and O–H groups in total. The van der Waals surface area contributed by atoms with E-state index in [1.165, 1.54) is 23.5 Å². The topological polar surface area (TPSA) is 85.1 Å². The van der Waals surface area contributed by atoms with E-state index in [1.54, 1.807) is 5.38 Å². The number of nitrogens with one attached hydrogen (secondary N) is 1. The summed E-state index contributed by atoms with van der Waals surface area (Å²) in [6, 6.07) is 3.65. The molecule has 1 aromatic heterocycles. The number of hydrogen-bond acceptors (Lipinski definition) is 5. The van der Waals surface area contributed by atoms with Gasteiger partial charge >= 0.3 is 0 Å². The molecule has 0 aliphatic rings. The molecule has 0 bridgehead atoms. The van der Waals surface area contributed by atoms with Crippen LogP contribution >= 0.6 is 11.3 Å². The van der Waals surface area contributed by atoms with Gasteiger partial charge in [0.15, 0.2) is 5.13 Å². The number of para-hydroxylation sites is 1. The summed E-state index contributed by atoms with van der Waals surface area (Å²) in [6.07, 6.45) is 0. The Bertz CT molecular complexity index is 726. The summed E-state index contributed by atoms with van der Waals surface area (Å²) in [4.78, 5) is 3.87. The van der Waals surface area contributed by atoms with Crippen molar-refractivity contribution in [2.24, 2.45) is 0 Å². The van der Waals surface area contributed by atoms with Crippen molar-refractivity contribution >= 4 is 32.2 Å². The average molecular weight is 315 g/mol. The number of benzene rings is 1. The van der Waals surface area contributed by atoms with Gasteiger partial charge in [-0.25, -0.2) is 17.8 Å². The number of rotatable bonds is 4. The largest absolute Gasteiger partial charge is 0.395 e. The number of hydrogen-bond donors (Lipinski definition) is 2. The van der Waals surface area contributed by atoms with Gasteiger partial charge in [-0.15, -0.1) is 11.3 Å². The van der Waals surface area contributed by atoms with Gasteiger partial charge < -0.3 is 5.73 Å². The quantitative estimate of drug-likeness (QED) is 0.850. The lowest BCUT2D eigenvalue weighted by molar-refractivity contribution is 0.597. The third-order valence-electron chi connectivity index (χ3n) is 2.64. The van der Waals surface area contributed by atoms with Crippen molar-refractivity contribution in [2.75, 3.05) is 10.5 Å². The van der Waals surface area contributed by atoms with E-state index in [1.807, 2.05) is 13.8 Å². The Kier molecular flexibility index (Phi) is 3.96. The van der Waals surface area contributed by atoms with Crippen molar-refractivity contribution in [3.63, 3.8) is 0 Å². The van der Waals surface area contributed by atoms with Gasteiger partial charge in [-0.05, 0) is 18.1 Å². The third kappa shape index (κ3) is 2.91. The lowest BCUT2D eigenvalue weighted by Gasteiger charge is -2.08. The van der Waals surface area contributed by atoms with E-state index < -0.39 is 21.5 Å². The van der Waals surface area contributed by atoms with E-state index in [2.05, 4.69) is 9.71 Å². The molecule has 5 nitrogen and oxygen atoms in total. The minimum absolute atomic E-state index is 0.198. The second-order valence-electron chi connectivity index (χ2n) is 4.49. The maximum absolute atomic E-state index is 13.3. The highest BCUT2D eigenvalue weighted by atomic mass is 32.2. The number of aromatic nitrogens is 1. The van der Waals surface area contributed by atoms with E-state index in [4.69, 9.17) is 5.73 Å². The van der Waals surface area contributed by atoms with Crippen molar-refractivity contribution in [3.8, 4) is 0 Å². The molecule has 20 heavy (non-hydrogen) atoms. The van der Waals surface area contributed by atoms with Crippen LogP contribution in [0.15, 0.2) is 28.5 Å². The number of sulfonamides is 1. The van der Waals surface area contributed by atoms with E-state index >= 15 is 0 Å². The average Bonchev–Trinajstić information content (AvgIpc) is 2.80. The first-order valence-electron chi connectivity index (χ1n) is 5.83. The maximum atomic E-state index is 13.3. The van der Waals surface area contributed by atoms with Crippen LogP contribution in [0.2, 0.25) is 0 Å². The minimum Gasteiger partial charge on any atom is -0.395 e. The van der Waals surface area contributed by atoms with Gasteiger partial charge in [0.25, 0.3) is 10.0 Å². The van der Waals surface area contributed by atoms with Gasteiger partial charge in [0.2, 0.25) is 0 Å². The molecule has 2 aromatic rings. The zero-order valence-corrected chi connectivity index (χ0v) is 12.6. The molecular weight excluding hydrogens is 301 g/mol. The van der Waals surface area contributed by atoms with Crippen molar-refractivity contribution in [2.45, 2.75) is 24.7 Å². The van der Waals surface area contributed by atoms with Gasteiger partial charge in [-0.1, -0.05) is 19.9 Å². The Morgan fingerprint density at radius 3 is 2.70 bits per heavy atom. The van der Waals surface area contributed by atoms with Crippen LogP contribution in [-0.2, 0) is 10.0 Å². The first-order chi connectivity index (χ1) is 9.31. The van der Waals surface area contributed by atoms with Crippen LogP contribution < -0.4 is 10.5 Å². The summed E-state index contributed by atoms with van der Waals surface area (Å²) in [6.45, 7) is 3.91. The van der Waals surface area contributed by atoms with E-state index in [0.717, 1.165) is 11.8 Å². The highest BCUT2D eigenvalue weighted by Gasteiger charge is 2.21. The van der Waals surface area contributed by atoms with Crippen LogP contribution in [0.4, 0.5) is 15.2 Å². The standard InChI is InChI=1S/C12H14FN3O2S2/c1-7(2)9-6-19-12(15-9)16-20(17,18)10-5-3-4-8(13)11(10)14/h3-7H,14H2,1-2H3,(H,15,16). The zero-order valence-electron chi connectivity index (χ0n) is 10.9. The van der Waals surface area contributed by atoms with Crippen molar-refractivity contribution in [3.05, 3.63) is 35.1 Å². The molecular formula is C12H14FN3O2S2. The normalized spacial score (nSPS) is 11.8. The Labute approximate surface area is 120 Å². The van der Waals surface area contributed by atoms with Crippen LogP contribution in [0.25, 0.3) is 0 Å². The molecule has 1 heterocycles. The molecule has 0 unspecified atom stereocenters. The predicted octanol–water partition coefficient (Wildman–Crippen LogP) is 2.79. The summed E-state index contributed by atoms with van der Waals surface area (Å²) in [5.41, 5.74) is 5.85. The molecule has 0 saturated heterocycles. The fourth-order valence-corrected chi connectivity index (χ4v) is 3.79. The summed E-state index contributed by atoms with van der Waals surface area (Å²) < 4.78 is 40.0. The lowest BCUT2D eigenvalue weighted by Crippen LogP contribution is -2.15. The maximum Gasteiger partial charge on any atom is 0.265 e. The van der Waals surface area contributed by atoms with Gasteiger partial charge in [0.1, 0.15) is 10.7 Å². The fraction of sp³-hybridized carbons (Fsp3) is 0.250. The minimum atomic E-state index is -3.95. The smallest absolute Gasteiger partial charge is 0.265 e. The molecule has 1 aromatic carbocycles. The lowest BCUT2D eigenvalue weighted by atomic mass is 10.2. The number of anilines is 2. The number of nitrogen functional groups attached to an aromatic ring is 1. The molecule has 0 aliphatic carbocycles. The predicted molar refractivity (Wildman–Crippen MR) is 77.8 cm³/mol. The first kappa shape index (κ1) is 14.7. The summed E-state index contributed by atoms with van der Waals surface area (Å²) in [5.74, 6) is -0.571. The molecule has 2 rings (SSSR count). The second kappa shape index (κ2) is 5.37. The second-order valence-corrected chi connectivity index (χ2v) is 7.00. The van der Waals surface area contributed by atoms with E-state index in [-0.39, 0.29) is 15.9 Å². The molecule has 0 aliphatic heterocycles. The van der Waals surface area contributed by atoms with Gasteiger partial charge in [0.05, 0.1) is 11.4 Å². The fourth-order valence-electron chi connectivity index (χ4n) is 1.52. The SMILES string of the molecule is CC(C)c1csc(NS(=O)(=O)c2cccc(F)c2N)n1. The Morgan fingerprint density at radius 1 is 1.40 bits per heavy atom. The van der Waals surface area contributed by atoms with Gasteiger partial charge in [-0.3, -0.25) is 4.72 Å². The van der Waals surface area contributed by atoms with Gasteiger partial charge in [0, 0.05) is 5.38 Å². The number of halogens is 1. The monoisotopic (exact) mass is 315 g/mol. The van der Waals surface area contributed by atoms with Crippen LogP contribution in [0.1, 0.15) is 25.5 Å². The molecule has 0 radical (unpaired) electrons. The van der Waals surface area contributed by atoms with Crippen molar-refractivity contribution in [1.82, 2.24) is 4.98 Å². The third-order valence-corrected chi connectivity index (χ3v) is 4.94. The van der Waals surface area contributed by atoms with Crippen LogP contribution in [-0.4, -0.2) is 13.4 Å². The molecule has 0 saturated carbocycles.